The summed E-state index contributed by atoms with van der Waals surface area (Å²) < 4.78 is 11.5. The van der Waals surface area contributed by atoms with E-state index >= 15 is 0 Å². The van der Waals surface area contributed by atoms with Crippen LogP contribution in [0.2, 0.25) is 5.02 Å². The van der Waals surface area contributed by atoms with E-state index in [2.05, 4.69) is 12.2 Å². The molecule has 2 aromatic rings. The number of nitrogens with one attached hydrogen (secondary N) is 1. The Kier molecular flexibility index (Phi) is 10.7. The van der Waals surface area contributed by atoms with Crippen LogP contribution in [0.25, 0.3) is 10.1 Å². The van der Waals surface area contributed by atoms with E-state index in [9.17, 15) is 14.4 Å². The van der Waals surface area contributed by atoms with E-state index in [1.807, 2.05) is 12.1 Å². The molecule has 3 rings (SSSR count). The summed E-state index contributed by atoms with van der Waals surface area (Å²) in [5, 5.41) is 3.85. The molecule has 1 aliphatic rings. The number of fused-ring (bicyclic) bond motifs is 1. The molecule has 35 heavy (non-hydrogen) atoms. The Morgan fingerprint density at radius 2 is 1.86 bits per heavy atom. The number of halogens is 1. The van der Waals surface area contributed by atoms with Crippen LogP contribution in [-0.4, -0.2) is 55.5 Å². The van der Waals surface area contributed by atoms with Crippen LogP contribution in [0.1, 0.15) is 74.4 Å². The number of benzene rings is 1. The zero-order chi connectivity index (χ0) is 25.2. The van der Waals surface area contributed by atoms with Crippen molar-refractivity contribution in [2.24, 2.45) is 0 Å². The van der Waals surface area contributed by atoms with Crippen molar-refractivity contribution >= 4 is 50.8 Å². The number of carbonyl (C=O) groups is 3. The summed E-state index contributed by atoms with van der Waals surface area (Å²) in [4.78, 5) is 40.2. The topological polar surface area (TPSA) is 84.9 Å². The van der Waals surface area contributed by atoms with Gasteiger partial charge in [0.15, 0.2) is 0 Å². The molecule has 0 radical (unpaired) electrons. The van der Waals surface area contributed by atoms with Crippen molar-refractivity contribution in [3.05, 3.63) is 28.1 Å². The first kappa shape index (κ1) is 27.3. The molecule has 2 heterocycles. The molecule has 1 fully saturated rings. The van der Waals surface area contributed by atoms with E-state index in [0.717, 1.165) is 29.3 Å². The van der Waals surface area contributed by atoms with Crippen LogP contribution < -0.4 is 10.1 Å². The molecule has 1 saturated heterocycles. The SMILES string of the molecule is CCCCCCCCCCOC(=O)CC1C(=O)NCCN1C(=O)c1sc2cc(OC)ccc2c1Cl. The molecule has 0 spiro atoms. The van der Waals surface area contributed by atoms with E-state index in [4.69, 9.17) is 21.1 Å². The van der Waals surface area contributed by atoms with Crippen molar-refractivity contribution in [1.29, 1.82) is 0 Å². The van der Waals surface area contributed by atoms with Gasteiger partial charge in [-0.15, -0.1) is 11.3 Å². The van der Waals surface area contributed by atoms with E-state index in [1.54, 1.807) is 13.2 Å². The summed E-state index contributed by atoms with van der Waals surface area (Å²) in [7, 11) is 1.58. The summed E-state index contributed by atoms with van der Waals surface area (Å²) >= 11 is 7.79. The Morgan fingerprint density at radius 3 is 2.57 bits per heavy atom. The highest BCUT2D eigenvalue weighted by molar-refractivity contribution is 7.21. The molecule has 9 heteroatoms. The van der Waals surface area contributed by atoms with Gasteiger partial charge in [0.2, 0.25) is 5.91 Å². The van der Waals surface area contributed by atoms with Gasteiger partial charge in [0.25, 0.3) is 5.91 Å². The number of rotatable bonds is 13. The fourth-order valence-corrected chi connectivity index (χ4v) is 5.74. The van der Waals surface area contributed by atoms with Crippen molar-refractivity contribution in [2.45, 2.75) is 70.8 Å². The molecular formula is C26H35ClN2O5S. The van der Waals surface area contributed by atoms with Gasteiger partial charge in [0.1, 0.15) is 16.7 Å². The van der Waals surface area contributed by atoms with Crippen molar-refractivity contribution < 1.29 is 23.9 Å². The summed E-state index contributed by atoms with van der Waals surface area (Å²) in [6, 6.07) is 4.51. The number of piperazine rings is 1. The summed E-state index contributed by atoms with van der Waals surface area (Å²) in [6.45, 7) is 3.16. The Balaban J connectivity index is 1.55. The number of esters is 1. The number of unbranched alkanes of at least 4 members (excludes halogenated alkanes) is 7. The van der Waals surface area contributed by atoms with Gasteiger partial charge in [0, 0.05) is 23.2 Å². The van der Waals surface area contributed by atoms with Gasteiger partial charge in [-0.1, -0.05) is 63.5 Å². The van der Waals surface area contributed by atoms with Crippen molar-refractivity contribution in [2.75, 3.05) is 26.8 Å². The van der Waals surface area contributed by atoms with Crippen LogP contribution in [0.5, 0.6) is 5.75 Å². The normalized spacial score (nSPS) is 15.8. The van der Waals surface area contributed by atoms with Crippen molar-refractivity contribution in [3.63, 3.8) is 0 Å². The zero-order valence-corrected chi connectivity index (χ0v) is 22.1. The minimum atomic E-state index is -0.918. The lowest BCUT2D eigenvalue weighted by molar-refractivity contribution is -0.147. The Bertz CT molecular complexity index is 1020. The first-order valence-corrected chi connectivity index (χ1v) is 13.7. The van der Waals surface area contributed by atoms with Crippen LogP contribution >= 0.6 is 22.9 Å². The lowest BCUT2D eigenvalue weighted by atomic mass is 10.1. The van der Waals surface area contributed by atoms with Crippen LogP contribution in [0.3, 0.4) is 0 Å². The number of methoxy groups -OCH3 is 1. The first-order valence-electron chi connectivity index (χ1n) is 12.5. The molecule has 1 unspecified atom stereocenters. The zero-order valence-electron chi connectivity index (χ0n) is 20.6. The quantitative estimate of drug-likeness (QED) is 0.274. The molecule has 2 amide bonds. The fourth-order valence-electron chi connectivity index (χ4n) is 4.24. The number of hydrogen-bond acceptors (Lipinski definition) is 6. The third kappa shape index (κ3) is 7.34. The number of amides is 2. The minimum absolute atomic E-state index is 0.176. The average molecular weight is 523 g/mol. The Hall–Kier alpha value is -2.32. The highest BCUT2D eigenvalue weighted by Gasteiger charge is 2.37. The molecular weight excluding hydrogens is 488 g/mol. The third-order valence-corrected chi connectivity index (χ3v) is 7.89. The van der Waals surface area contributed by atoms with Gasteiger partial charge in [-0.05, 0) is 24.6 Å². The van der Waals surface area contributed by atoms with E-state index in [-0.39, 0.29) is 18.2 Å². The molecule has 1 N–H and O–H groups in total. The van der Waals surface area contributed by atoms with Gasteiger partial charge in [0.05, 0.1) is 25.2 Å². The summed E-state index contributed by atoms with van der Waals surface area (Å²) in [5.41, 5.74) is 0. The number of thiophene rings is 1. The predicted octanol–water partition coefficient (Wildman–Crippen LogP) is 5.58. The van der Waals surface area contributed by atoms with Crippen molar-refractivity contribution in [1.82, 2.24) is 10.2 Å². The van der Waals surface area contributed by atoms with Gasteiger partial charge < -0.3 is 19.7 Å². The Morgan fingerprint density at radius 1 is 1.14 bits per heavy atom. The second-order valence-electron chi connectivity index (χ2n) is 8.81. The molecule has 1 aromatic carbocycles. The summed E-state index contributed by atoms with van der Waals surface area (Å²) in [6.07, 6.45) is 9.06. The minimum Gasteiger partial charge on any atom is -0.497 e. The third-order valence-electron chi connectivity index (χ3n) is 6.24. The van der Waals surface area contributed by atoms with Gasteiger partial charge in [-0.2, -0.15) is 0 Å². The number of nitrogens with zero attached hydrogens (tertiary/aromatic N) is 1. The molecule has 1 aliphatic heterocycles. The maximum atomic E-state index is 13.4. The molecule has 0 saturated carbocycles. The lowest BCUT2D eigenvalue weighted by Gasteiger charge is -2.34. The molecule has 7 nitrogen and oxygen atoms in total. The van der Waals surface area contributed by atoms with Gasteiger partial charge in [-0.25, -0.2) is 0 Å². The van der Waals surface area contributed by atoms with Crippen LogP contribution in [-0.2, 0) is 14.3 Å². The molecule has 1 aromatic heterocycles. The first-order chi connectivity index (χ1) is 17.0. The smallest absolute Gasteiger partial charge is 0.308 e. The highest BCUT2D eigenvalue weighted by Crippen LogP contribution is 2.38. The standard InChI is InChI=1S/C26H35ClN2O5S/c1-3-4-5-6-7-8-9-10-15-34-22(30)17-20-25(31)28-13-14-29(20)26(32)24-23(27)19-12-11-18(33-2)16-21(19)35-24/h11-12,16,20H,3-10,13-15,17H2,1-2H3,(H,28,31). The van der Waals surface area contributed by atoms with Gasteiger partial charge >= 0.3 is 5.97 Å². The van der Waals surface area contributed by atoms with Crippen LogP contribution in [0, 0.1) is 0 Å². The second-order valence-corrected chi connectivity index (χ2v) is 10.2. The molecule has 0 bridgehead atoms. The monoisotopic (exact) mass is 522 g/mol. The number of hydrogen-bond donors (Lipinski definition) is 1. The van der Waals surface area contributed by atoms with Crippen LogP contribution in [0.15, 0.2) is 18.2 Å². The molecule has 192 valence electrons. The average Bonchev–Trinajstić information content (AvgIpc) is 3.19. The largest absolute Gasteiger partial charge is 0.497 e. The van der Waals surface area contributed by atoms with Crippen molar-refractivity contribution in [3.8, 4) is 5.75 Å². The predicted molar refractivity (Wildman–Crippen MR) is 139 cm³/mol. The molecule has 0 aliphatic carbocycles. The van der Waals surface area contributed by atoms with E-state index in [0.29, 0.717) is 35.3 Å². The molecule has 1 atom stereocenters. The number of ether oxygens (including phenoxy) is 2. The lowest BCUT2D eigenvalue weighted by Crippen LogP contribution is -2.57. The fraction of sp³-hybridized carbons (Fsp3) is 0.577. The summed E-state index contributed by atoms with van der Waals surface area (Å²) in [5.74, 6) is -0.512. The highest BCUT2D eigenvalue weighted by atomic mass is 35.5. The van der Waals surface area contributed by atoms with E-state index < -0.39 is 12.0 Å². The van der Waals surface area contributed by atoms with Gasteiger partial charge in [-0.3, -0.25) is 14.4 Å². The number of carbonyl (C=O) groups excluding carboxylic acids is 3. The Labute approximate surface area is 216 Å². The van der Waals surface area contributed by atoms with Crippen LogP contribution in [0.4, 0.5) is 0 Å². The van der Waals surface area contributed by atoms with E-state index in [1.165, 1.54) is 48.3 Å². The maximum Gasteiger partial charge on any atom is 0.308 e. The maximum absolute atomic E-state index is 13.4. The second kappa shape index (κ2) is 13.7.